The van der Waals surface area contributed by atoms with Gasteiger partial charge < -0.3 is 4.74 Å². The maximum atomic E-state index is 11.5. The Balaban J connectivity index is 3.97. The minimum Gasteiger partial charge on any atom is -0.462 e. The predicted octanol–water partition coefficient (Wildman–Crippen LogP) is 2.14. The topological polar surface area (TPSA) is 85.2 Å². The molecule has 0 aliphatic carbocycles. The number of carbonyl (C=O) groups is 1. The van der Waals surface area contributed by atoms with E-state index in [1.165, 1.54) is 6.08 Å². The zero-order valence-corrected chi connectivity index (χ0v) is 10.7. The molecule has 6 heteroatoms. The predicted molar refractivity (Wildman–Crippen MR) is 66.8 cm³/mol. The van der Waals surface area contributed by atoms with Crippen LogP contribution in [-0.2, 0) is 14.3 Å². The van der Waals surface area contributed by atoms with Crippen molar-refractivity contribution in [3.63, 3.8) is 0 Å². The number of ether oxygens (including phenoxy) is 1. The van der Waals surface area contributed by atoms with E-state index in [1.807, 2.05) is 6.92 Å². The van der Waals surface area contributed by atoms with Crippen LogP contribution in [0.15, 0.2) is 21.8 Å². The molecular weight excluding hydrogens is 236 g/mol. The van der Waals surface area contributed by atoms with E-state index in [0.29, 0.717) is 31.4 Å². The minimum atomic E-state index is -0.425. The number of aliphatic imine (C=N–C) groups is 1. The van der Waals surface area contributed by atoms with E-state index in [9.17, 15) is 14.5 Å². The molecule has 100 valence electrons. The average molecular weight is 254 g/mol. The Morgan fingerprint density at radius 1 is 1.50 bits per heavy atom. The molecule has 0 aliphatic rings. The van der Waals surface area contributed by atoms with Gasteiger partial charge in [0.25, 0.3) is 0 Å². The van der Waals surface area contributed by atoms with Crippen LogP contribution >= 0.6 is 0 Å². The molecule has 1 unspecified atom stereocenters. The fraction of sp³-hybridized carbons (Fsp3) is 0.667. The zero-order valence-electron chi connectivity index (χ0n) is 10.7. The van der Waals surface area contributed by atoms with Crippen LogP contribution in [-0.4, -0.2) is 31.2 Å². The van der Waals surface area contributed by atoms with E-state index in [-0.39, 0.29) is 12.6 Å². The summed E-state index contributed by atoms with van der Waals surface area (Å²) in [4.78, 5) is 34.9. The molecule has 0 amide bonds. The van der Waals surface area contributed by atoms with Crippen LogP contribution in [0.25, 0.3) is 0 Å². The van der Waals surface area contributed by atoms with Gasteiger partial charge in [-0.05, 0) is 19.8 Å². The van der Waals surface area contributed by atoms with Crippen LogP contribution < -0.4 is 0 Å². The Hall–Kier alpha value is -1.81. The largest absolute Gasteiger partial charge is 0.462 e. The van der Waals surface area contributed by atoms with Gasteiger partial charge in [-0.1, -0.05) is 18.2 Å². The lowest BCUT2D eigenvalue weighted by molar-refractivity contribution is -0.139. The second kappa shape index (κ2) is 10.4. The van der Waals surface area contributed by atoms with Crippen molar-refractivity contribution >= 4 is 12.0 Å². The lowest BCUT2D eigenvalue weighted by Gasteiger charge is -2.05. The van der Waals surface area contributed by atoms with Crippen LogP contribution in [0.5, 0.6) is 0 Å². The smallest absolute Gasteiger partial charge is 0.333 e. The average Bonchev–Trinajstić information content (AvgIpc) is 2.39. The number of hydrogen-bond donors (Lipinski definition) is 0. The van der Waals surface area contributed by atoms with Crippen molar-refractivity contribution in [3.8, 4) is 0 Å². The summed E-state index contributed by atoms with van der Waals surface area (Å²) in [7, 11) is 0. The van der Waals surface area contributed by atoms with E-state index in [0.717, 1.165) is 0 Å². The SMILES string of the molecule is CCC(CC=C(C)C(=O)OCCCN=C=O)N=O. The van der Waals surface area contributed by atoms with E-state index in [2.05, 4.69) is 10.2 Å². The molecule has 0 bridgehead atoms. The Labute approximate surface area is 106 Å². The van der Waals surface area contributed by atoms with Crippen molar-refractivity contribution in [1.82, 2.24) is 0 Å². The van der Waals surface area contributed by atoms with Gasteiger partial charge in [-0.25, -0.2) is 14.6 Å². The van der Waals surface area contributed by atoms with Crippen LogP contribution in [0.4, 0.5) is 0 Å². The summed E-state index contributed by atoms with van der Waals surface area (Å²) < 4.78 is 4.94. The Bertz CT molecular complexity index is 346. The number of hydrogen-bond acceptors (Lipinski definition) is 6. The number of nitroso groups, excluding NO2 is 1. The Morgan fingerprint density at radius 3 is 2.78 bits per heavy atom. The molecular formula is C12H18N2O4. The molecule has 18 heavy (non-hydrogen) atoms. The van der Waals surface area contributed by atoms with E-state index < -0.39 is 5.97 Å². The highest BCUT2D eigenvalue weighted by atomic mass is 16.5. The van der Waals surface area contributed by atoms with Gasteiger partial charge in [0.05, 0.1) is 19.2 Å². The van der Waals surface area contributed by atoms with Gasteiger partial charge in [-0.2, -0.15) is 4.91 Å². The van der Waals surface area contributed by atoms with Crippen molar-refractivity contribution in [2.24, 2.45) is 10.2 Å². The number of carbonyl (C=O) groups excluding carboxylic acids is 2. The van der Waals surface area contributed by atoms with Gasteiger partial charge in [0.15, 0.2) is 0 Å². The highest BCUT2D eigenvalue weighted by molar-refractivity contribution is 5.87. The van der Waals surface area contributed by atoms with Crippen LogP contribution in [0, 0.1) is 4.91 Å². The Kier molecular flexibility index (Phi) is 9.31. The van der Waals surface area contributed by atoms with E-state index >= 15 is 0 Å². The van der Waals surface area contributed by atoms with Crippen molar-refractivity contribution in [1.29, 1.82) is 0 Å². The monoisotopic (exact) mass is 254 g/mol. The van der Waals surface area contributed by atoms with Crippen LogP contribution in [0.1, 0.15) is 33.1 Å². The third-order valence-electron chi connectivity index (χ3n) is 2.35. The summed E-state index contributed by atoms with van der Waals surface area (Å²) >= 11 is 0. The molecule has 0 aromatic carbocycles. The maximum Gasteiger partial charge on any atom is 0.333 e. The van der Waals surface area contributed by atoms with Crippen LogP contribution in [0.2, 0.25) is 0 Å². The maximum absolute atomic E-state index is 11.5. The fourth-order valence-electron chi connectivity index (χ4n) is 1.15. The third kappa shape index (κ3) is 7.46. The van der Waals surface area contributed by atoms with Gasteiger partial charge in [0, 0.05) is 12.0 Å². The molecule has 0 radical (unpaired) electrons. The molecule has 1 atom stereocenters. The number of nitrogens with zero attached hydrogens (tertiary/aromatic N) is 2. The molecule has 6 nitrogen and oxygen atoms in total. The number of rotatable bonds is 9. The Morgan fingerprint density at radius 2 is 2.22 bits per heavy atom. The lowest BCUT2D eigenvalue weighted by Crippen LogP contribution is -2.09. The molecule has 0 aromatic rings. The molecule has 0 N–H and O–H groups in total. The first kappa shape index (κ1) is 16.2. The highest BCUT2D eigenvalue weighted by Crippen LogP contribution is 2.07. The molecule has 0 aromatic heterocycles. The summed E-state index contributed by atoms with van der Waals surface area (Å²) in [5.74, 6) is -0.425. The van der Waals surface area contributed by atoms with Gasteiger partial charge >= 0.3 is 5.97 Å². The first-order valence-corrected chi connectivity index (χ1v) is 5.85. The second-order valence-corrected chi connectivity index (χ2v) is 3.75. The van der Waals surface area contributed by atoms with Gasteiger partial charge in [-0.15, -0.1) is 0 Å². The first-order chi connectivity index (χ1) is 8.65. The van der Waals surface area contributed by atoms with Gasteiger partial charge in [0.1, 0.15) is 0 Å². The van der Waals surface area contributed by atoms with Crippen molar-refractivity contribution in [3.05, 3.63) is 16.6 Å². The minimum absolute atomic E-state index is 0.207. The van der Waals surface area contributed by atoms with Crippen LogP contribution in [0.3, 0.4) is 0 Å². The van der Waals surface area contributed by atoms with E-state index in [1.54, 1.807) is 13.0 Å². The molecule has 0 spiro atoms. The van der Waals surface area contributed by atoms with Crippen molar-refractivity contribution in [2.45, 2.75) is 39.2 Å². The summed E-state index contributed by atoms with van der Waals surface area (Å²) in [6.45, 7) is 4.00. The van der Waals surface area contributed by atoms with Crippen molar-refractivity contribution < 1.29 is 14.3 Å². The quantitative estimate of drug-likeness (QED) is 0.157. The molecule has 0 heterocycles. The summed E-state index contributed by atoms with van der Waals surface area (Å²) in [5, 5.41) is 2.94. The summed E-state index contributed by atoms with van der Waals surface area (Å²) in [6.07, 6.45) is 4.64. The standard InChI is InChI=1S/C12H18N2O4/c1-3-11(14-17)6-5-10(2)12(16)18-8-4-7-13-9-15/h5,11H,3-4,6-8H2,1-2H3. The number of esters is 1. The number of isocyanates is 1. The molecule has 0 rings (SSSR count). The lowest BCUT2D eigenvalue weighted by atomic mass is 10.1. The highest BCUT2D eigenvalue weighted by Gasteiger charge is 2.08. The summed E-state index contributed by atoms with van der Waals surface area (Å²) in [6, 6.07) is -0.297. The fourth-order valence-corrected chi connectivity index (χ4v) is 1.15. The van der Waals surface area contributed by atoms with E-state index in [4.69, 9.17) is 4.74 Å². The van der Waals surface area contributed by atoms with Gasteiger partial charge in [0.2, 0.25) is 6.08 Å². The molecule has 0 fully saturated rings. The summed E-state index contributed by atoms with van der Waals surface area (Å²) in [5.41, 5.74) is 0.455. The first-order valence-electron chi connectivity index (χ1n) is 5.85. The normalized spacial score (nSPS) is 12.4. The second-order valence-electron chi connectivity index (χ2n) is 3.75. The molecule has 0 saturated carbocycles. The molecule has 0 aliphatic heterocycles. The van der Waals surface area contributed by atoms with Crippen molar-refractivity contribution in [2.75, 3.05) is 13.2 Å². The van der Waals surface area contributed by atoms with Gasteiger partial charge in [-0.3, -0.25) is 0 Å². The third-order valence-corrected chi connectivity index (χ3v) is 2.35. The molecule has 0 saturated heterocycles. The zero-order chi connectivity index (χ0) is 13.8.